The van der Waals surface area contributed by atoms with Gasteiger partial charge >= 0.3 is 0 Å². The lowest BCUT2D eigenvalue weighted by Gasteiger charge is -2.12. The van der Waals surface area contributed by atoms with E-state index in [9.17, 15) is 9.18 Å². The van der Waals surface area contributed by atoms with Crippen LogP contribution in [-0.4, -0.2) is 12.9 Å². The fraction of sp³-hybridized carbons (Fsp3) is 0.188. The highest BCUT2D eigenvalue weighted by molar-refractivity contribution is 9.10. The maximum absolute atomic E-state index is 13.6. The first-order chi connectivity index (χ1) is 10.0. The number of ketones is 1. The topological polar surface area (TPSA) is 35.5 Å². The number of Topliss-reactive ketones (excluding diaryl/α,β-unsaturated/α-hetero) is 1. The van der Waals surface area contributed by atoms with Crippen molar-refractivity contribution in [2.45, 2.75) is 13.5 Å². The van der Waals surface area contributed by atoms with Crippen molar-refractivity contribution in [2.75, 3.05) is 7.11 Å². The molecule has 0 fully saturated rings. The molecule has 0 N–H and O–H groups in total. The summed E-state index contributed by atoms with van der Waals surface area (Å²) in [7, 11) is 1.49. The number of carbonyl (C=O) groups excluding carboxylic acids is 1. The fourth-order valence-corrected chi connectivity index (χ4v) is 2.22. The maximum atomic E-state index is 13.6. The molecule has 2 aromatic carbocycles. The maximum Gasteiger partial charge on any atom is 0.161 e. The molecule has 0 unspecified atom stereocenters. The summed E-state index contributed by atoms with van der Waals surface area (Å²) in [5, 5.41) is 0. The van der Waals surface area contributed by atoms with Crippen LogP contribution in [0.5, 0.6) is 11.5 Å². The highest BCUT2D eigenvalue weighted by Gasteiger charge is 2.10. The zero-order chi connectivity index (χ0) is 15.4. The molecule has 2 aromatic rings. The molecule has 0 heterocycles. The van der Waals surface area contributed by atoms with Crippen LogP contribution in [0.3, 0.4) is 0 Å². The van der Waals surface area contributed by atoms with E-state index in [1.807, 2.05) is 0 Å². The molecule has 0 radical (unpaired) electrons. The van der Waals surface area contributed by atoms with Gasteiger partial charge in [0.1, 0.15) is 12.4 Å². The third-order valence-corrected chi connectivity index (χ3v) is 3.45. The van der Waals surface area contributed by atoms with Crippen LogP contribution in [0.2, 0.25) is 0 Å². The molecule has 2 rings (SSSR count). The van der Waals surface area contributed by atoms with Gasteiger partial charge in [-0.1, -0.05) is 15.9 Å². The molecule has 0 bridgehead atoms. The smallest absolute Gasteiger partial charge is 0.161 e. The van der Waals surface area contributed by atoms with E-state index < -0.39 is 0 Å². The van der Waals surface area contributed by atoms with Crippen molar-refractivity contribution in [1.82, 2.24) is 0 Å². The molecule has 0 atom stereocenters. The second-order valence-corrected chi connectivity index (χ2v) is 5.36. The van der Waals surface area contributed by atoms with Crippen LogP contribution in [0.15, 0.2) is 40.9 Å². The van der Waals surface area contributed by atoms with Crippen molar-refractivity contribution in [1.29, 1.82) is 0 Å². The van der Waals surface area contributed by atoms with E-state index in [4.69, 9.17) is 9.47 Å². The van der Waals surface area contributed by atoms with Crippen LogP contribution < -0.4 is 9.47 Å². The number of methoxy groups -OCH3 is 1. The van der Waals surface area contributed by atoms with Crippen LogP contribution in [0, 0.1) is 5.82 Å². The Balaban J connectivity index is 2.19. The number of hydrogen-bond acceptors (Lipinski definition) is 3. The minimum Gasteiger partial charge on any atom is -0.493 e. The molecule has 0 aliphatic rings. The van der Waals surface area contributed by atoms with Crippen LogP contribution in [-0.2, 0) is 6.61 Å². The molecule has 0 saturated heterocycles. The Morgan fingerprint density at radius 2 is 1.95 bits per heavy atom. The molecular weight excluding hydrogens is 339 g/mol. The molecule has 110 valence electrons. The lowest BCUT2D eigenvalue weighted by Crippen LogP contribution is -2.01. The van der Waals surface area contributed by atoms with Gasteiger partial charge in [0.2, 0.25) is 0 Å². The van der Waals surface area contributed by atoms with Gasteiger partial charge in [0, 0.05) is 15.6 Å². The first-order valence-corrected chi connectivity index (χ1v) is 7.06. The highest BCUT2D eigenvalue weighted by atomic mass is 79.9. The van der Waals surface area contributed by atoms with Crippen LogP contribution in [0.1, 0.15) is 22.8 Å². The summed E-state index contributed by atoms with van der Waals surface area (Å²) in [4.78, 5) is 11.3. The van der Waals surface area contributed by atoms with Crippen molar-refractivity contribution in [3.8, 4) is 11.5 Å². The molecule has 0 spiro atoms. The Bertz CT molecular complexity index is 671. The standard InChI is InChI=1S/C16H14BrFO3/c1-10(19)11-3-6-15(16(8-11)20-2)21-9-12-7-13(17)4-5-14(12)18/h3-8H,9H2,1-2H3. The number of rotatable bonds is 5. The molecular formula is C16H14BrFO3. The second-order valence-electron chi connectivity index (χ2n) is 4.45. The molecule has 0 amide bonds. The first-order valence-electron chi connectivity index (χ1n) is 6.27. The fourth-order valence-electron chi connectivity index (χ4n) is 1.82. The van der Waals surface area contributed by atoms with Crippen molar-refractivity contribution >= 4 is 21.7 Å². The van der Waals surface area contributed by atoms with Gasteiger partial charge in [-0.15, -0.1) is 0 Å². The van der Waals surface area contributed by atoms with Crippen LogP contribution in [0.4, 0.5) is 4.39 Å². The third-order valence-electron chi connectivity index (χ3n) is 2.96. The largest absolute Gasteiger partial charge is 0.493 e. The molecule has 3 nitrogen and oxygen atoms in total. The summed E-state index contributed by atoms with van der Waals surface area (Å²) in [6, 6.07) is 9.56. The summed E-state index contributed by atoms with van der Waals surface area (Å²) in [5.74, 6) is 0.510. The summed E-state index contributed by atoms with van der Waals surface area (Å²) < 4.78 is 25.2. The zero-order valence-electron chi connectivity index (χ0n) is 11.7. The summed E-state index contributed by atoms with van der Waals surface area (Å²) in [6.45, 7) is 1.55. The average molecular weight is 353 g/mol. The number of benzene rings is 2. The second kappa shape index (κ2) is 6.72. The SMILES string of the molecule is COc1cc(C(C)=O)ccc1OCc1cc(Br)ccc1F. The number of halogens is 2. The quantitative estimate of drug-likeness (QED) is 0.749. The minimum absolute atomic E-state index is 0.0575. The van der Waals surface area contributed by atoms with Gasteiger partial charge in [-0.05, 0) is 43.3 Å². The predicted octanol–water partition coefficient (Wildman–Crippen LogP) is 4.38. The monoisotopic (exact) mass is 352 g/mol. The van der Waals surface area contributed by atoms with E-state index in [1.165, 1.54) is 20.1 Å². The van der Waals surface area contributed by atoms with Gasteiger partial charge in [-0.3, -0.25) is 4.79 Å². The van der Waals surface area contributed by atoms with E-state index in [2.05, 4.69) is 15.9 Å². The van der Waals surface area contributed by atoms with E-state index in [1.54, 1.807) is 30.3 Å². The van der Waals surface area contributed by atoms with Crippen LogP contribution in [0.25, 0.3) is 0 Å². The van der Waals surface area contributed by atoms with Gasteiger partial charge in [0.15, 0.2) is 17.3 Å². The van der Waals surface area contributed by atoms with E-state index >= 15 is 0 Å². The zero-order valence-corrected chi connectivity index (χ0v) is 13.2. The lowest BCUT2D eigenvalue weighted by atomic mass is 10.1. The number of hydrogen-bond donors (Lipinski definition) is 0. The Kier molecular flexibility index (Phi) is 4.96. The normalized spacial score (nSPS) is 10.3. The lowest BCUT2D eigenvalue weighted by molar-refractivity contribution is 0.101. The Morgan fingerprint density at radius 3 is 2.62 bits per heavy atom. The van der Waals surface area contributed by atoms with Gasteiger partial charge in [-0.2, -0.15) is 0 Å². The van der Waals surface area contributed by atoms with Gasteiger partial charge in [-0.25, -0.2) is 4.39 Å². The molecule has 0 aromatic heterocycles. The van der Waals surface area contributed by atoms with Crippen LogP contribution >= 0.6 is 15.9 Å². The first kappa shape index (κ1) is 15.5. The van der Waals surface area contributed by atoms with Gasteiger partial charge in [0.25, 0.3) is 0 Å². The Morgan fingerprint density at radius 1 is 1.19 bits per heavy atom. The third kappa shape index (κ3) is 3.82. The van der Waals surface area contributed by atoms with E-state index in [0.717, 1.165) is 4.47 Å². The molecule has 5 heteroatoms. The van der Waals surface area contributed by atoms with Crippen molar-refractivity contribution in [2.24, 2.45) is 0 Å². The molecule has 21 heavy (non-hydrogen) atoms. The highest BCUT2D eigenvalue weighted by Crippen LogP contribution is 2.29. The minimum atomic E-state index is -0.336. The Hall–Kier alpha value is -1.88. The van der Waals surface area contributed by atoms with Gasteiger partial charge in [0.05, 0.1) is 7.11 Å². The summed E-state index contributed by atoms with van der Waals surface area (Å²) >= 11 is 3.29. The van der Waals surface area contributed by atoms with Gasteiger partial charge < -0.3 is 9.47 Å². The number of ether oxygens (including phenoxy) is 2. The van der Waals surface area contributed by atoms with E-state index in [0.29, 0.717) is 22.6 Å². The summed E-state index contributed by atoms with van der Waals surface area (Å²) in [5.41, 5.74) is 0.968. The van der Waals surface area contributed by atoms with Crippen molar-refractivity contribution < 1.29 is 18.7 Å². The average Bonchev–Trinajstić information content (AvgIpc) is 2.47. The van der Waals surface area contributed by atoms with Crippen molar-refractivity contribution in [3.05, 3.63) is 57.8 Å². The number of carbonyl (C=O) groups is 1. The van der Waals surface area contributed by atoms with E-state index in [-0.39, 0.29) is 18.2 Å². The van der Waals surface area contributed by atoms with Crippen molar-refractivity contribution in [3.63, 3.8) is 0 Å². The molecule has 0 saturated carbocycles. The summed E-state index contributed by atoms with van der Waals surface area (Å²) in [6.07, 6.45) is 0. The Labute approximate surface area is 130 Å². The molecule has 0 aliphatic carbocycles. The predicted molar refractivity (Wildman–Crippen MR) is 81.4 cm³/mol. The molecule has 0 aliphatic heterocycles.